The molecular formula is C18H34Cl6Si. The van der Waals surface area contributed by atoms with Gasteiger partial charge in [0.15, 0.2) is 3.79 Å². The topological polar surface area (TPSA) is 0 Å². The standard InChI is InChI=1S/C18H34Cl6Si/c19-18(20,21)16-14-12-10-8-6-4-2-1-3-5-7-9-11-13-15-17-25(22,23)24/h1-17H2. The molecule has 0 unspecified atom stereocenters. The van der Waals surface area contributed by atoms with Crippen molar-refractivity contribution in [3.05, 3.63) is 0 Å². The fourth-order valence-corrected chi connectivity index (χ4v) is 5.20. The highest BCUT2D eigenvalue weighted by molar-refractivity contribution is 7.64. The summed E-state index contributed by atoms with van der Waals surface area (Å²) in [6.45, 7) is 0. The van der Waals surface area contributed by atoms with Crippen molar-refractivity contribution in [2.75, 3.05) is 0 Å². The highest BCUT2D eigenvalue weighted by atomic mass is 35.8. The first-order valence-electron chi connectivity index (χ1n) is 9.84. The van der Waals surface area contributed by atoms with Gasteiger partial charge in [0.1, 0.15) is 0 Å². The van der Waals surface area contributed by atoms with Gasteiger partial charge in [0.25, 0.3) is 0 Å². The third-order valence-corrected chi connectivity index (χ3v) is 7.61. The molecule has 0 radical (unpaired) electrons. The van der Waals surface area contributed by atoms with E-state index in [2.05, 4.69) is 0 Å². The largest absolute Gasteiger partial charge is 0.341 e. The summed E-state index contributed by atoms with van der Waals surface area (Å²) in [4.78, 5) is 0. The molecule has 7 heteroatoms. The lowest BCUT2D eigenvalue weighted by atomic mass is 10.0. The molecule has 0 aromatic rings. The second kappa shape index (κ2) is 16.9. The summed E-state index contributed by atoms with van der Waals surface area (Å²) in [6, 6.07) is -1.56. The van der Waals surface area contributed by atoms with Gasteiger partial charge in [0.2, 0.25) is 0 Å². The first-order chi connectivity index (χ1) is 11.7. The molecule has 25 heavy (non-hydrogen) atoms. The predicted octanol–water partition coefficient (Wildman–Crippen LogP) is 10.3. The van der Waals surface area contributed by atoms with E-state index in [4.69, 9.17) is 68.0 Å². The molecule has 0 aromatic heterocycles. The first-order valence-corrected chi connectivity index (χ1v) is 16.2. The van der Waals surface area contributed by atoms with Crippen molar-refractivity contribution in [1.29, 1.82) is 0 Å². The van der Waals surface area contributed by atoms with Crippen LogP contribution >= 0.6 is 68.0 Å². The van der Waals surface area contributed by atoms with Crippen molar-refractivity contribution >= 4 is 74.0 Å². The second-order valence-corrected chi connectivity index (χ2v) is 18.8. The molecule has 0 aliphatic carbocycles. The minimum absolute atomic E-state index is 0.673. The minimum atomic E-state index is -2.37. The molecule has 0 aliphatic rings. The van der Waals surface area contributed by atoms with E-state index in [1.807, 2.05) is 0 Å². The molecule has 0 spiro atoms. The zero-order chi connectivity index (χ0) is 19.0. The Hall–Kier alpha value is 1.96. The molecule has 0 saturated heterocycles. The van der Waals surface area contributed by atoms with Gasteiger partial charge in [0, 0.05) is 0 Å². The van der Waals surface area contributed by atoms with Crippen LogP contribution in [0.4, 0.5) is 0 Å². The molecule has 0 nitrogen and oxygen atoms in total. The third-order valence-electron chi connectivity index (χ3n) is 4.42. The Bertz CT molecular complexity index is 260. The number of halogens is 6. The van der Waals surface area contributed by atoms with E-state index in [0.29, 0.717) is 6.42 Å². The van der Waals surface area contributed by atoms with Gasteiger partial charge in [-0.15, -0.1) is 33.2 Å². The highest BCUT2D eigenvalue weighted by Crippen LogP contribution is 2.32. The molecule has 0 heterocycles. The average Bonchev–Trinajstić information content (AvgIpc) is 2.48. The van der Waals surface area contributed by atoms with Crippen LogP contribution in [0, 0.1) is 0 Å². The van der Waals surface area contributed by atoms with E-state index in [0.717, 1.165) is 18.9 Å². The summed E-state index contributed by atoms with van der Waals surface area (Å²) >= 11 is 34.8. The van der Waals surface area contributed by atoms with Gasteiger partial charge in [-0.05, 0) is 18.9 Å². The Kier molecular flexibility index (Phi) is 18.2. The van der Waals surface area contributed by atoms with Crippen LogP contribution in [0.2, 0.25) is 6.04 Å². The van der Waals surface area contributed by atoms with Crippen LogP contribution in [0.5, 0.6) is 0 Å². The summed E-state index contributed by atoms with van der Waals surface area (Å²) in [7, 11) is 0. The normalized spacial score (nSPS) is 12.7. The van der Waals surface area contributed by atoms with Crippen molar-refractivity contribution in [3.63, 3.8) is 0 Å². The monoisotopic (exact) mass is 488 g/mol. The minimum Gasteiger partial charge on any atom is -0.126 e. The van der Waals surface area contributed by atoms with E-state index >= 15 is 0 Å². The van der Waals surface area contributed by atoms with Crippen LogP contribution in [0.25, 0.3) is 0 Å². The van der Waals surface area contributed by atoms with Gasteiger partial charge in [-0.2, -0.15) is 0 Å². The Morgan fingerprint density at radius 1 is 0.440 bits per heavy atom. The van der Waals surface area contributed by atoms with Crippen LogP contribution in [0.3, 0.4) is 0 Å². The van der Waals surface area contributed by atoms with Gasteiger partial charge in [0.05, 0.1) is 0 Å². The predicted molar refractivity (Wildman–Crippen MR) is 122 cm³/mol. The first kappa shape index (κ1) is 27.0. The van der Waals surface area contributed by atoms with Crippen molar-refractivity contribution < 1.29 is 0 Å². The smallest absolute Gasteiger partial charge is 0.126 e. The van der Waals surface area contributed by atoms with Crippen LogP contribution in [0.15, 0.2) is 0 Å². The summed E-state index contributed by atoms with van der Waals surface area (Å²) in [5.41, 5.74) is 0. The lowest BCUT2D eigenvalue weighted by molar-refractivity contribution is 0.530. The van der Waals surface area contributed by atoms with Crippen molar-refractivity contribution in [3.8, 4) is 0 Å². The number of unbranched alkanes of at least 4 members (excludes halogenated alkanes) is 14. The lowest BCUT2D eigenvalue weighted by Gasteiger charge is -2.09. The van der Waals surface area contributed by atoms with Crippen LogP contribution in [-0.4, -0.2) is 9.80 Å². The van der Waals surface area contributed by atoms with E-state index in [9.17, 15) is 0 Å². The van der Waals surface area contributed by atoms with E-state index in [1.54, 1.807) is 0 Å². The molecule has 0 saturated carbocycles. The molecule has 0 fully saturated rings. The Morgan fingerprint density at radius 3 is 1.00 bits per heavy atom. The Balaban J connectivity index is 3.08. The highest BCUT2D eigenvalue weighted by Gasteiger charge is 2.23. The SMILES string of the molecule is ClC(Cl)(Cl)CCCCCCCCCCCCCCCCC[Si](Cl)(Cl)Cl. The zero-order valence-corrected chi connectivity index (χ0v) is 20.8. The van der Waals surface area contributed by atoms with Crippen LogP contribution < -0.4 is 0 Å². The fourth-order valence-electron chi connectivity index (χ4n) is 2.95. The Morgan fingerprint density at radius 2 is 0.720 bits per heavy atom. The molecule has 0 N–H and O–H groups in total. The Labute approximate surface area is 185 Å². The lowest BCUT2D eigenvalue weighted by Crippen LogP contribution is -2.07. The van der Waals surface area contributed by atoms with Gasteiger partial charge in [-0.25, -0.2) is 0 Å². The van der Waals surface area contributed by atoms with Crippen molar-refractivity contribution in [2.45, 2.75) is 113 Å². The average molecular weight is 491 g/mol. The van der Waals surface area contributed by atoms with Crippen molar-refractivity contribution in [1.82, 2.24) is 0 Å². The molecule has 152 valence electrons. The van der Waals surface area contributed by atoms with E-state index in [-0.39, 0.29) is 0 Å². The van der Waals surface area contributed by atoms with E-state index in [1.165, 1.54) is 83.5 Å². The van der Waals surface area contributed by atoms with Gasteiger partial charge >= 0.3 is 6.00 Å². The summed E-state index contributed by atoms with van der Waals surface area (Å²) in [5, 5.41) is 0. The number of alkyl halides is 3. The summed E-state index contributed by atoms with van der Waals surface area (Å²) in [5.74, 6) is 0. The fraction of sp³-hybridized carbons (Fsp3) is 1.00. The molecule has 0 bridgehead atoms. The summed E-state index contributed by atoms with van der Waals surface area (Å²) < 4.78 is -1.06. The molecule has 0 atom stereocenters. The second-order valence-electron chi connectivity index (χ2n) is 7.03. The molecule has 0 aliphatic heterocycles. The maximum Gasteiger partial charge on any atom is 0.341 e. The van der Waals surface area contributed by atoms with Crippen LogP contribution in [0.1, 0.15) is 103 Å². The summed E-state index contributed by atoms with van der Waals surface area (Å²) in [6.07, 6.45) is 19.9. The molecular weight excluding hydrogens is 457 g/mol. The maximum atomic E-state index is 5.87. The molecule has 0 rings (SSSR count). The quantitative estimate of drug-likeness (QED) is 0.0822. The van der Waals surface area contributed by atoms with Gasteiger partial charge in [-0.1, -0.05) is 125 Å². The number of hydrogen-bond donors (Lipinski definition) is 0. The molecule has 0 aromatic carbocycles. The third kappa shape index (κ3) is 26.0. The maximum absolute atomic E-state index is 5.87. The van der Waals surface area contributed by atoms with E-state index < -0.39 is 9.80 Å². The molecule has 0 amide bonds. The van der Waals surface area contributed by atoms with Crippen molar-refractivity contribution in [2.24, 2.45) is 0 Å². The van der Waals surface area contributed by atoms with Gasteiger partial charge < -0.3 is 0 Å². The van der Waals surface area contributed by atoms with Gasteiger partial charge in [-0.3, -0.25) is 0 Å². The van der Waals surface area contributed by atoms with Crippen LogP contribution in [-0.2, 0) is 0 Å². The zero-order valence-electron chi connectivity index (χ0n) is 15.3. The number of rotatable bonds is 17. The number of hydrogen-bond acceptors (Lipinski definition) is 0.